The maximum atomic E-state index is 14.7. The Kier molecular flexibility index (Phi) is 12.9. The van der Waals surface area contributed by atoms with Crippen LogP contribution in [-0.4, -0.2) is 118 Å². The van der Waals surface area contributed by atoms with Gasteiger partial charge in [0.2, 0.25) is 0 Å². The molecule has 16 heteroatoms. The molecular formula is C47H65NO15. The number of hydrogen-bond donors (Lipinski definition) is 3. The summed E-state index contributed by atoms with van der Waals surface area (Å²) < 4.78 is 51.0. The van der Waals surface area contributed by atoms with Gasteiger partial charge >= 0.3 is 30.0 Å². The number of amides is 1. The quantitative estimate of drug-likeness (QED) is 0.139. The number of esters is 4. The molecule has 2 unspecified atom stereocenters. The SMILES string of the molecule is C=CC1O[C@H]2C[C@H]3OC[C@@]3(OC(C)=O)[C@H]3[C@H](OC(=O)c4ccccc4)C4(C(C)(C)O)C[C@H](OC(=O)[C@H](O)[C@H](CC(C)C)NC(=O)OC(C)(C)C)C(C)=C4[C@@](C)(OC(C)=O)[C@H](O1)[C@]23C. The van der Waals surface area contributed by atoms with Crippen LogP contribution in [0.25, 0.3) is 0 Å². The molecule has 2 heterocycles. The van der Waals surface area contributed by atoms with E-state index in [-0.39, 0.29) is 42.9 Å². The summed E-state index contributed by atoms with van der Waals surface area (Å²) in [5.41, 5.74) is -8.63. The Bertz CT molecular complexity index is 2000. The fourth-order valence-electron chi connectivity index (χ4n) is 11.5. The molecule has 6 rings (SSSR count). The fourth-order valence-corrected chi connectivity index (χ4v) is 11.5. The van der Waals surface area contributed by atoms with Crippen molar-refractivity contribution in [1.82, 2.24) is 5.32 Å². The molecule has 1 aromatic rings. The molecule has 0 aromatic heterocycles. The molecular weight excluding hydrogens is 819 g/mol. The molecule has 16 nitrogen and oxygen atoms in total. The minimum absolute atomic E-state index is 0.0892. The van der Waals surface area contributed by atoms with Gasteiger partial charge in [-0.3, -0.25) is 9.59 Å². The van der Waals surface area contributed by atoms with E-state index in [2.05, 4.69) is 11.9 Å². The zero-order valence-corrected chi connectivity index (χ0v) is 38.5. The summed E-state index contributed by atoms with van der Waals surface area (Å²) in [7, 11) is 0. The molecule has 1 amide bonds. The number of ether oxygens (including phenoxy) is 8. The van der Waals surface area contributed by atoms with Crippen LogP contribution in [-0.2, 0) is 52.3 Å². The van der Waals surface area contributed by atoms with Crippen molar-refractivity contribution < 1.29 is 72.1 Å². The molecule has 63 heavy (non-hydrogen) atoms. The standard InChI is InChI=1S/C47H65NO15/c1-14-33-58-31-21-32-47(23-56-32,62-27(6)50)36-37(60-38(52)28-18-16-15-17-19-28)46(43(10,11)55)22-30(25(4)35(46)45(13,61-26(5)49)40(59-33)44(31,36)12)57-39(53)34(51)29(20-24(2)3)48-41(54)63-42(7,8)9/h14-19,24,29-34,36-37,40,51,55H,1,20-23H2,2-13H3,(H,48,54)/t29-,30-,31-,32+,33?,34+,36-,37-,40+,44+,45+,46?,47-/m0/s1. The minimum atomic E-state index is -1.93. The summed E-state index contributed by atoms with van der Waals surface area (Å²) in [6.07, 6.45) is -7.72. The van der Waals surface area contributed by atoms with Gasteiger partial charge in [0.1, 0.15) is 30.0 Å². The molecule has 1 aromatic carbocycles. The maximum Gasteiger partial charge on any atom is 0.407 e. The third kappa shape index (κ3) is 8.30. The summed E-state index contributed by atoms with van der Waals surface area (Å²) in [6.45, 7) is 23.3. The first-order valence-electron chi connectivity index (χ1n) is 21.7. The summed E-state index contributed by atoms with van der Waals surface area (Å²) in [6, 6.07) is 7.11. The summed E-state index contributed by atoms with van der Waals surface area (Å²) >= 11 is 0. The molecule has 2 saturated carbocycles. The summed E-state index contributed by atoms with van der Waals surface area (Å²) in [5, 5.41) is 27.3. The van der Waals surface area contributed by atoms with Crippen LogP contribution < -0.4 is 5.32 Å². The van der Waals surface area contributed by atoms with Crippen molar-refractivity contribution in [3.63, 3.8) is 0 Å². The molecule has 0 bridgehead atoms. The van der Waals surface area contributed by atoms with E-state index in [0.29, 0.717) is 5.57 Å². The van der Waals surface area contributed by atoms with E-state index in [1.54, 1.807) is 65.0 Å². The number of fused-ring (bicyclic) bond motifs is 3. The van der Waals surface area contributed by atoms with Crippen molar-refractivity contribution in [3.8, 4) is 0 Å². The number of rotatable bonds is 12. The number of nitrogens with one attached hydrogen (secondary N) is 1. The highest BCUT2D eigenvalue weighted by Gasteiger charge is 2.83. The van der Waals surface area contributed by atoms with Crippen molar-refractivity contribution in [1.29, 1.82) is 0 Å². The Balaban J connectivity index is 1.61. The maximum absolute atomic E-state index is 14.7. The van der Waals surface area contributed by atoms with Gasteiger partial charge in [0.15, 0.2) is 23.6 Å². The second-order valence-electron chi connectivity index (χ2n) is 20.1. The first-order valence-corrected chi connectivity index (χ1v) is 21.7. The predicted molar refractivity (Wildman–Crippen MR) is 225 cm³/mol. The lowest BCUT2D eigenvalue weighted by molar-refractivity contribution is -0.397. The fraction of sp³-hybridized carbons (Fsp3) is 0.681. The lowest BCUT2D eigenvalue weighted by Crippen LogP contribution is -2.80. The van der Waals surface area contributed by atoms with E-state index in [4.69, 9.17) is 37.9 Å². The largest absolute Gasteiger partial charge is 0.457 e. The van der Waals surface area contributed by atoms with Crippen LogP contribution in [0, 0.1) is 22.7 Å². The van der Waals surface area contributed by atoms with E-state index in [0.717, 1.165) is 0 Å². The van der Waals surface area contributed by atoms with Crippen molar-refractivity contribution in [2.45, 2.75) is 174 Å². The second-order valence-corrected chi connectivity index (χ2v) is 20.1. The van der Waals surface area contributed by atoms with Gasteiger partial charge in [0.05, 0.1) is 41.3 Å². The van der Waals surface area contributed by atoms with E-state index >= 15 is 0 Å². The first kappa shape index (κ1) is 48.1. The highest BCUT2D eigenvalue weighted by atomic mass is 16.7. The Labute approximate surface area is 369 Å². The summed E-state index contributed by atoms with van der Waals surface area (Å²) in [4.78, 5) is 68.8. The number of aliphatic hydroxyl groups excluding tert-OH is 1. The number of benzene rings is 1. The van der Waals surface area contributed by atoms with Gasteiger partial charge in [-0.2, -0.15) is 0 Å². The van der Waals surface area contributed by atoms with Gasteiger partial charge in [0.25, 0.3) is 0 Å². The molecule has 5 aliphatic rings. The number of carbonyl (C=O) groups excluding carboxylic acids is 5. The van der Waals surface area contributed by atoms with E-state index < -0.39 is 118 Å². The third-order valence-electron chi connectivity index (χ3n) is 13.6. The average Bonchev–Trinajstić information content (AvgIpc) is 3.44. The van der Waals surface area contributed by atoms with Crippen molar-refractivity contribution >= 4 is 30.0 Å². The average molecular weight is 884 g/mol. The zero-order chi connectivity index (χ0) is 46.8. The Morgan fingerprint density at radius 1 is 0.968 bits per heavy atom. The predicted octanol–water partition coefficient (Wildman–Crippen LogP) is 5.26. The molecule has 2 aliphatic heterocycles. The molecule has 0 spiro atoms. The number of carbonyl (C=O) groups is 5. The molecule has 13 atom stereocenters. The van der Waals surface area contributed by atoms with E-state index in [1.165, 1.54) is 33.8 Å². The Hall–Kier alpha value is -4.35. The highest BCUT2D eigenvalue weighted by Crippen LogP contribution is 2.72. The highest BCUT2D eigenvalue weighted by molar-refractivity contribution is 5.89. The van der Waals surface area contributed by atoms with E-state index in [1.807, 2.05) is 20.8 Å². The number of aliphatic hydroxyl groups is 2. The first-order chi connectivity index (χ1) is 29.2. The van der Waals surface area contributed by atoms with Crippen LogP contribution in [0.3, 0.4) is 0 Å². The topological polar surface area (TPSA) is 212 Å². The second kappa shape index (κ2) is 16.9. The minimum Gasteiger partial charge on any atom is -0.457 e. The van der Waals surface area contributed by atoms with Crippen molar-refractivity contribution in [2.24, 2.45) is 22.7 Å². The smallest absolute Gasteiger partial charge is 0.407 e. The van der Waals surface area contributed by atoms with Gasteiger partial charge in [-0.25, -0.2) is 14.4 Å². The zero-order valence-electron chi connectivity index (χ0n) is 38.5. The van der Waals surface area contributed by atoms with Gasteiger partial charge in [-0.15, -0.1) is 0 Å². The van der Waals surface area contributed by atoms with Crippen molar-refractivity contribution in [3.05, 3.63) is 59.7 Å². The van der Waals surface area contributed by atoms with Gasteiger partial charge in [-0.05, 0) is 90.2 Å². The van der Waals surface area contributed by atoms with Gasteiger partial charge in [0, 0.05) is 32.1 Å². The van der Waals surface area contributed by atoms with Crippen LogP contribution in [0.2, 0.25) is 0 Å². The lowest BCUT2D eigenvalue weighted by atomic mass is 9.49. The molecule has 348 valence electrons. The number of hydrogen-bond acceptors (Lipinski definition) is 15. The van der Waals surface area contributed by atoms with Crippen LogP contribution in [0.5, 0.6) is 0 Å². The third-order valence-corrected chi connectivity index (χ3v) is 13.6. The van der Waals surface area contributed by atoms with Gasteiger partial charge in [-0.1, -0.05) is 45.5 Å². The van der Waals surface area contributed by atoms with Crippen LogP contribution in [0.4, 0.5) is 4.79 Å². The van der Waals surface area contributed by atoms with Crippen LogP contribution >= 0.6 is 0 Å². The van der Waals surface area contributed by atoms with Gasteiger partial charge < -0.3 is 53.4 Å². The molecule has 3 N–H and O–H groups in total. The monoisotopic (exact) mass is 883 g/mol. The van der Waals surface area contributed by atoms with Crippen LogP contribution in [0.15, 0.2) is 54.1 Å². The summed E-state index contributed by atoms with van der Waals surface area (Å²) in [5.74, 6) is -4.45. The molecule has 4 fully saturated rings. The Morgan fingerprint density at radius 3 is 2.13 bits per heavy atom. The molecule has 3 aliphatic carbocycles. The normalized spacial score (nSPS) is 35.6. The molecule has 0 radical (unpaired) electrons. The van der Waals surface area contributed by atoms with Crippen molar-refractivity contribution in [2.75, 3.05) is 6.61 Å². The molecule has 2 saturated heterocycles. The lowest BCUT2D eigenvalue weighted by Gasteiger charge is -2.67. The number of alkyl carbamates (subject to hydrolysis) is 1. The van der Waals surface area contributed by atoms with Crippen LogP contribution in [0.1, 0.15) is 113 Å². The Morgan fingerprint density at radius 2 is 1.60 bits per heavy atom. The van der Waals surface area contributed by atoms with E-state index in [9.17, 15) is 34.2 Å².